The van der Waals surface area contributed by atoms with Crippen LogP contribution in [0.2, 0.25) is 0 Å². The van der Waals surface area contributed by atoms with Crippen LogP contribution >= 0.6 is 0 Å². The number of hydrogen-bond donors (Lipinski definition) is 1. The molecule has 3 rings (SSSR count). The summed E-state index contributed by atoms with van der Waals surface area (Å²) in [4.78, 5) is 35.8. The van der Waals surface area contributed by atoms with E-state index in [1.807, 2.05) is 0 Å². The van der Waals surface area contributed by atoms with Gasteiger partial charge in [0.1, 0.15) is 12.4 Å². The molecule has 1 amide bonds. The van der Waals surface area contributed by atoms with E-state index in [0.29, 0.717) is 0 Å². The molecule has 0 bridgehead atoms. The second-order valence-corrected chi connectivity index (χ2v) is 4.84. The molecule has 0 fully saturated rings. The molecule has 1 N–H and O–H groups in total. The van der Waals surface area contributed by atoms with Crippen LogP contribution in [-0.4, -0.2) is 25.4 Å². The number of benzene rings is 1. The fourth-order valence-electron chi connectivity index (χ4n) is 2.04. The number of halogens is 1. The molecule has 0 aliphatic carbocycles. The van der Waals surface area contributed by atoms with Gasteiger partial charge in [0.05, 0.1) is 12.0 Å². The van der Waals surface area contributed by atoms with Crippen molar-refractivity contribution in [3.8, 4) is 11.3 Å². The minimum atomic E-state index is -0.471. The van der Waals surface area contributed by atoms with E-state index < -0.39 is 17.3 Å². The third-order valence-electron chi connectivity index (χ3n) is 3.16. The average Bonchev–Trinajstić information content (AvgIpc) is 2.58. The predicted molar refractivity (Wildman–Crippen MR) is 84.6 cm³/mol. The summed E-state index contributed by atoms with van der Waals surface area (Å²) in [7, 11) is 0. The summed E-state index contributed by atoms with van der Waals surface area (Å²) < 4.78 is 14.8. The maximum atomic E-state index is 13.7. The van der Waals surface area contributed by atoms with Crippen LogP contribution < -0.4 is 10.9 Å². The fraction of sp³-hybridized carbons (Fsp3) is 0.0625. The molecule has 0 saturated heterocycles. The predicted octanol–water partition coefficient (Wildman–Crippen LogP) is 1.48. The lowest BCUT2D eigenvalue weighted by Gasteiger charge is -2.07. The topological polar surface area (TPSA) is 89.8 Å². The minimum Gasteiger partial charge on any atom is -0.293 e. The Morgan fingerprint density at radius 3 is 2.58 bits per heavy atom. The van der Waals surface area contributed by atoms with Crippen molar-refractivity contribution in [2.45, 2.75) is 6.54 Å². The van der Waals surface area contributed by atoms with Gasteiger partial charge in [-0.25, -0.2) is 19.3 Å². The van der Waals surface area contributed by atoms with Crippen LogP contribution in [0.15, 0.2) is 59.9 Å². The van der Waals surface area contributed by atoms with Crippen LogP contribution in [0.1, 0.15) is 0 Å². The maximum Gasteiger partial charge on any atom is 0.254 e. The molecule has 0 aliphatic rings. The highest BCUT2D eigenvalue weighted by atomic mass is 19.1. The van der Waals surface area contributed by atoms with Crippen LogP contribution in [0.4, 0.5) is 10.3 Å². The van der Waals surface area contributed by atoms with E-state index >= 15 is 0 Å². The highest BCUT2D eigenvalue weighted by Crippen LogP contribution is 2.18. The number of carbonyl (C=O) groups is 1. The number of amides is 1. The van der Waals surface area contributed by atoms with E-state index in [9.17, 15) is 14.0 Å². The van der Waals surface area contributed by atoms with Crippen molar-refractivity contribution in [2.24, 2.45) is 0 Å². The Morgan fingerprint density at radius 1 is 1.12 bits per heavy atom. The second-order valence-electron chi connectivity index (χ2n) is 4.84. The molecule has 8 heteroatoms. The average molecular weight is 325 g/mol. The number of hydrogen-bond acceptors (Lipinski definition) is 5. The molecule has 0 spiro atoms. The third-order valence-corrected chi connectivity index (χ3v) is 3.16. The summed E-state index contributed by atoms with van der Waals surface area (Å²) in [6.07, 6.45) is 4.18. The lowest BCUT2D eigenvalue weighted by Crippen LogP contribution is -2.28. The van der Waals surface area contributed by atoms with Gasteiger partial charge in [-0.05, 0) is 18.2 Å². The lowest BCUT2D eigenvalue weighted by molar-refractivity contribution is -0.116. The van der Waals surface area contributed by atoms with E-state index in [4.69, 9.17) is 0 Å². The van der Waals surface area contributed by atoms with Crippen molar-refractivity contribution < 1.29 is 9.18 Å². The molecule has 1 aromatic carbocycles. The highest BCUT2D eigenvalue weighted by molar-refractivity contribution is 5.88. The summed E-state index contributed by atoms with van der Waals surface area (Å²) >= 11 is 0. The van der Waals surface area contributed by atoms with E-state index in [-0.39, 0.29) is 23.8 Å². The van der Waals surface area contributed by atoms with E-state index in [2.05, 4.69) is 20.3 Å². The first-order valence-corrected chi connectivity index (χ1v) is 7.02. The van der Waals surface area contributed by atoms with Crippen molar-refractivity contribution in [1.29, 1.82) is 0 Å². The van der Waals surface area contributed by atoms with Crippen molar-refractivity contribution in [2.75, 3.05) is 5.32 Å². The van der Waals surface area contributed by atoms with Crippen LogP contribution in [0.5, 0.6) is 0 Å². The molecule has 0 unspecified atom stereocenters. The van der Waals surface area contributed by atoms with Crippen molar-refractivity contribution >= 4 is 11.9 Å². The molecule has 0 saturated carbocycles. The fourth-order valence-corrected chi connectivity index (χ4v) is 2.04. The summed E-state index contributed by atoms with van der Waals surface area (Å²) in [6, 6.07) is 8.82. The zero-order chi connectivity index (χ0) is 16.9. The zero-order valence-electron chi connectivity index (χ0n) is 12.4. The van der Waals surface area contributed by atoms with Crippen molar-refractivity contribution in [3.63, 3.8) is 0 Å². The first kappa shape index (κ1) is 15.5. The van der Waals surface area contributed by atoms with Gasteiger partial charge in [-0.1, -0.05) is 12.1 Å². The summed E-state index contributed by atoms with van der Waals surface area (Å²) in [5.74, 6) is -0.795. The number of aromatic nitrogens is 4. The lowest BCUT2D eigenvalue weighted by atomic mass is 10.1. The van der Waals surface area contributed by atoms with E-state index in [1.54, 1.807) is 18.2 Å². The Kier molecular flexibility index (Phi) is 4.37. The van der Waals surface area contributed by atoms with Crippen molar-refractivity contribution in [3.05, 3.63) is 71.3 Å². The highest BCUT2D eigenvalue weighted by Gasteiger charge is 2.10. The van der Waals surface area contributed by atoms with Gasteiger partial charge in [-0.3, -0.25) is 19.5 Å². The standard InChI is InChI=1S/C16H12FN5O2/c17-12-5-2-1-4-11(12)13-8-15(24)22(10-20-13)9-14(23)21-16-18-6-3-7-19-16/h1-8,10H,9H2,(H,18,19,21,23). The van der Waals surface area contributed by atoms with Gasteiger partial charge >= 0.3 is 0 Å². The van der Waals surface area contributed by atoms with Crippen molar-refractivity contribution in [1.82, 2.24) is 19.5 Å². The zero-order valence-corrected chi connectivity index (χ0v) is 12.4. The van der Waals surface area contributed by atoms with Crippen LogP contribution in [0.3, 0.4) is 0 Å². The number of nitrogens with one attached hydrogen (secondary N) is 1. The quantitative estimate of drug-likeness (QED) is 0.785. The maximum absolute atomic E-state index is 13.7. The second kappa shape index (κ2) is 6.78. The number of carbonyl (C=O) groups excluding carboxylic acids is 1. The molecule has 2 aromatic heterocycles. The van der Waals surface area contributed by atoms with Gasteiger partial charge in [0.15, 0.2) is 0 Å². The Morgan fingerprint density at radius 2 is 1.88 bits per heavy atom. The number of anilines is 1. The van der Waals surface area contributed by atoms with E-state index in [0.717, 1.165) is 4.57 Å². The van der Waals surface area contributed by atoms with Gasteiger partial charge in [-0.2, -0.15) is 0 Å². The molecule has 0 aliphatic heterocycles. The molecule has 0 atom stereocenters. The molecular formula is C16H12FN5O2. The molecule has 120 valence electrons. The SMILES string of the molecule is O=C(Cn1cnc(-c2ccccc2F)cc1=O)Nc1ncccn1. The Hall–Kier alpha value is -3.42. The van der Waals surface area contributed by atoms with Gasteiger partial charge in [0, 0.05) is 24.0 Å². The molecular weight excluding hydrogens is 313 g/mol. The van der Waals surface area contributed by atoms with Crippen LogP contribution in [0, 0.1) is 5.82 Å². The largest absolute Gasteiger partial charge is 0.293 e. The summed E-state index contributed by atoms with van der Waals surface area (Å²) in [6.45, 7) is -0.248. The summed E-state index contributed by atoms with van der Waals surface area (Å²) in [5.41, 5.74) is -0.0302. The third kappa shape index (κ3) is 3.49. The Bertz CT molecular complexity index is 927. The van der Waals surface area contributed by atoms with Crippen LogP contribution in [0.25, 0.3) is 11.3 Å². The molecule has 0 radical (unpaired) electrons. The first-order valence-electron chi connectivity index (χ1n) is 7.02. The normalized spacial score (nSPS) is 10.4. The van der Waals surface area contributed by atoms with Gasteiger partial charge in [0.25, 0.3) is 5.56 Å². The van der Waals surface area contributed by atoms with Gasteiger partial charge in [0.2, 0.25) is 11.9 Å². The summed E-state index contributed by atoms with van der Waals surface area (Å²) in [5, 5.41) is 2.46. The number of nitrogens with zero attached hydrogens (tertiary/aromatic N) is 4. The molecule has 2 heterocycles. The van der Waals surface area contributed by atoms with Gasteiger partial charge < -0.3 is 0 Å². The first-order chi connectivity index (χ1) is 11.6. The molecule has 24 heavy (non-hydrogen) atoms. The number of rotatable bonds is 4. The van der Waals surface area contributed by atoms with Gasteiger partial charge in [-0.15, -0.1) is 0 Å². The van der Waals surface area contributed by atoms with E-state index in [1.165, 1.54) is 36.9 Å². The minimum absolute atomic E-state index is 0.145. The molecule has 3 aromatic rings. The monoisotopic (exact) mass is 325 g/mol. The Balaban J connectivity index is 1.77. The Labute approximate surface area is 135 Å². The molecule has 7 nitrogen and oxygen atoms in total. The van der Waals surface area contributed by atoms with Crippen LogP contribution in [-0.2, 0) is 11.3 Å². The smallest absolute Gasteiger partial charge is 0.254 e.